The average molecular weight is 199 g/mol. The van der Waals surface area contributed by atoms with E-state index in [1.165, 1.54) is 23.8 Å². The van der Waals surface area contributed by atoms with Crippen LogP contribution in [0.4, 0.5) is 0 Å². The molecule has 0 spiro atoms. The van der Waals surface area contributed by atoms with Crippen LogP contribution in [-0.2, 0) is 0 Å². The molecular formula is C13H13NO. The van der Waals surface area contributed by atoms with Crippen LogP contribution in [0.1, 0.15) is 24.3 Å². The van der Waals surface area contributed by atoms with E-state index in [4.69, 9.17) is 4.74 Å². The van der Waals surface area contributed by atoms with E-state index < -0.39 is 0 Å². The second-order valence-corrected chi connectivity index (χ2v) is 4.03. The lowest BCUT2D eigenvalue weighted by Gasteiger charge is -2.08. The van der Waals surface area contributed by atoms with Gasteiger partial charge in [0.15, 0.2) is 0 Å². The Labute approximate surface area is 88.9 Å². The fourth-order valence-electron chi connectivity index (χ4n) is 2.08. The third-order valence-electron chi connectivity index (χ3n) is 3.00. The molecule has 15 heavy (non-hydrogen) atoms. The lowest BCUT2D eigenvalue weighted by Crippen LogP contribution is -1.90. The second-order valence-electron chi connectivity index (χ2n) is 4.03. The van der Waals surface area contributed by atoms with Crippen LogP contribution in [-0.4, -0.2) is 12.1 Å². The summed E-state index contributed by atoms with van der Waals surface area (Å²) >= 11 is 0. The molecule has 0 bridgehead atoms. The van der Waals surface area contributed by atoms with Gasteiger partial charge in [0.2, 0.25) is 0 Å². The van der Waals surface area contributed by atoms with Gasteiger partial charge in [0.05, 0.1) is 7.11 Å². The number of benzene rings is 1. The number of nitrogens with zero attached hydrogens (tertiary/aromatic N) is 1. The molecule has 1 aliphatic carbocycles. The molecule has 3 rings (SSSR count). The van der Waals surface area contributed by atoms with Crippen LogP contribution >= 0.6 is 0 Å². The Hall–Kier alpha value is -1.57. The minimum atomic E-state index is 0.752. The highest BCUT2D eigenvalue weighted by Crippen LogP contribution is 2.44. The van der Waals surface area contributed by atoms with Gasteiger partial charge in [0.25, 0.3) is 0 Å². The third kappa shape index (κ3) is 1.37. The van der Waals surface area contributed by atoms with Crippen LogP contribution in [0.15, 0.2) is 30.5 Å². The first-order chi connectivity index (χ1) is 7.40. The van der Waals surface area contributed by atoms with Crippen molar-refractivity contribution in [2.45, 2.75) is 18.8 Å². The molecule has 2 aromatic rings. The van der Waals surface area contributed by atoms with Gasteiger partial charge >= 0.3 is 0 Å². The van der Waals surface area contributed by atoms with E-state index in [2.05, 4.69) is 17.1 Å². The molecule has 1 saturated carbocycles. The Morgan fingerprint density at radius 1 is 1.27 bits per heavy atom. The van der Waals surface area contributed by atoms with Crippen LogP contribution in [0.5, 0.6) is 5.75 Å². The minimum absolute atomic E-state index is 0.752. The summed E-state index contributed by atoms with van der Waals surface area (Å²) in [4.78, 5) is 4.40. The lowest BCUT2D eigenvalue weighted by atomic mass is 10.0. The van der Waals surface area contributed by atoms with E-state index in [1.807, 2.05) is 18.3 Å². The lowest BCUT2D eigenvalue weighted by molar-refractivity contribution is 0.419. The quantitative estimate of drug-likeness (QED) is 0.741. The predicted octanol–water partition coefficient (Wildman–Crippen LogP) is 3.12. The Balaban J connectivity index is 2.30. The largest absolute Gasteiger partial charge is 0.494 e. The predicted molar refractivity (Wildman–Crippen MR) is 60.3 cm³/mol. The summed E-state index contributed by atoms with van der Waals surface area (Å²) in [6.07, 6.45) is 4.45. The third-order valence-corrected chi connectivity index (χ3v) is 3.00. The van der Waals surface area contributed by atoms with Gasteiger partial charge in [-0.1, -0.05) is 12.1 Å². The highest BCUT2D eigenvalue weighted by Gasteiger charge is 2.25. The number of ether oxygens (including phenoxy) is 1. The highest BCUT2D eigenvalue weighted by molar-refractivity contribution is 5.88. The van der Waals surface area contributed by atoms with E-state index in [9.17, 15) is 0 Å². The number of fused-ring (bicyclic) bond motifs is 1. The van der Waals surface area contributed by atoms with Gasteiger partial charge in [-0.3, -0.25) is 4.98 Å². The molecule has 0 saturated heterocycles. The monoisotopic (exact) mass is 199 g/mol. The van der Waals surface area contributed by atoms with E-state index in [0.717, 1.165) is 17.2 Å². The smallest absolute Gasteiger partial charge is 0.145 e. The van der Waals surface area contributed by atoms with Crippen LogP contribution in [0.2, 0.25) is 0 Å². The van der Waals surface area contributed by atoms with Gasteiger partial charge in [-0.25, -0.2) is 0 Å². The highest BCUT2D eigenvalue weighted by atomic mass is 16.5. The van der Waals surface area contributed by atoms with Crippen molar-refractivity contribution in [2.75, 3.05) is 7.11 Å². The van der Waals surface area contributed by atoms with Crippen molar-refractivity contribution >= 4 is 10.9 Å². The molecule has 1 aromatic heterocycles. The molecule has 0 unspecified atom stereocenters. The molecule has 0 N–H and O–H groups in total. The SMILES string of the molecule is COc1ccc(C2CC2)c2cccnc12. The summed E-state index contributed by atoms with van der Waals surface area (Å²) in [7, 11) is 1.69. The number of aromatic nitrogens is 1. The van der Waals surface area contributed by atoms with Crippen LogP contribution in [0, 0.1) is 0 Å². The van der Waals surface area contributed by atoms with Gasteiger partial charge in [-0.2, -0.15) is 0 Å². The van der Waals surface area contributed by atoms with Crippen molar-refractivity contribution in [1.29, 1.82) is 0 Å². The number of methoxy groups -OCH3 is 1. The van der Waals surface area contributed by atoms with E-state index in [0.29, 0.717) is 0 Å². The summed E-state index contributed by atoms with van der Waals surface area (Å²) in [6, 6.07) is 8.34. The zero-order chi connectivity index (χ0) is 10.3. The molecule has 1 aliphatic rings. The Morgan fingerprint density at radius 2 is 2.13 bits per heavy atom. The van der Waals surface area contributed by atoms with Crippen LogP contribution < -0.4 is 4.74 Å². The van der Waals surface area contributed by atoms with Crippen molar-refractivity contribution in [3.8, 4) is 5.75 Å². The molecule has 1 heterocycles. The molecular weight excluding hydrogens is 186 g/mol. The van der Waals surface area contributed by atoms with Gasteiger partial charge in [0, 0.05) is 11.6 Å². The van der Waals surface area contributed by atoms with Gasteiger partial charge < -0.3 is 4.74 Å². The number of hydrogen-bond donors (Lipinski definition) is 0. The fourth-order valence-corrected chi connectivity index (χ4v) is 2.08. The van der Waals surface area contributed by atoms with Gasteiger partial charge in [-0.15, -0.1) is 0 Å². The maximum atomic E-state index is 5.32. The van der Waals surface area contributed by atoms with E-state index >= 15 is 0 Å². The fraction of sp³-hybridized carbons (Fsp3) is 0.308. The van der Waals surface area contributed by atoms with Crippen LogP contribution in [0.3, 0.4) is 0 Å². The first-order valence-electron chi connectivity index (χ1n) is 5.32. The van der Waals surface area contributed by atoms with Crippen molar-refractivity contribution < 1.29 is 4.74 Å². The topological polar surface area (TPSA) is 22.1 Å². The summed E-state index contributed by atoms with van der Waals surface area (Å²) in [5, 5.41) is 1.25. The van der Waals surface area contributed by atoms with E-state index in [-0.39, 0.29) is 0 Å². The Bertz CT molecular complexity index is 503. The van der Waals surface area contributed by atoms with Crippen molar-refractivity contribution in [3.05, 3.63) is 36.0 Å². The molecule has 0 aliphatic heterocycles. The second kappa shape index (κ2) is 3.23. The van der Waals surface area contributed by atoms with Gasteiger partial charge in [0.1, 0.15) is 11.3 Å². The normalized spacial score (nSPS) is 15.5. The molecule has 0 amide bonds. The molecule has 76 valence electrons. The Morgan fingerprint density at radius 3 is 2.87 bits per heavy atom. The molecule has 1 aromatic carbocycles. The van der Waals surface area contributed by atoms with Crippen LogP contribution in [0.25, 0.3) is 10.9 Å². The maximum absolute atomic E-state index is 5.32. The Kier molecular flexibility index (Phi) is 1.88. The average Bonchev–Trinajstić information content (AvgIpc) is 3.11. The molecule has 2 nitrogen and oxygen atoms in total. The first kappa shape index (κ1) is 8.72. The van der Waals surface area contributed by atoms with Crippen molar-refractivity contribution in [3.63, 3.8) is 0 Å². The molecule has 0 atom stereocenters. The summed E-state index contributed by atoms with van der Waals surface area (Å²) < 4.78 is 5.32. The summed E-state index contributed by atoms with van der Waals surface area (Å²) in [6.45, 7) is 0. The molecule has 0 radical (unpaired) electrons. The standard InChI is InChI=1S/C13H13NO/c1-15-12-7-6-10(9-4-5-9)11-3-2-8-14-13(11)12/h2-3,6-9H,4-5H2,1H3. The molecule has 1 fully saturated rings. The summed E-state index contributed by atoms with van der Waals surface area (Å²) in [5.41, 5.74) is 2.42. The van der Waals surface area contributed by atoms with Gasteiger partial charge in [-0.05, 0) is 36.5 Å². The van der Waals surface area contributed by atoms with Crippen molar-refractivity contribution in [1.82, 2.24) is 4.98 Å². The minimum Gasteiger partial charge on any atom is -0.494 e. The number of rotatable bonds is 2. The number of pyridine rings is 1. The van der Waals surface area contributed by atoms with Crippen molar-refractivity contribution in [2.24, 2.45) is 0 Å². The zero-order valence-corrected chi connectivity index (χ0v) is 8.73. The maximum Gasteiger partial charge on any atom is 0.145 e. The zero-order valence-electron chi connectivity index (χ0n) is 8.73. The number of hydrogen-bond acceptors (Lipinski definition) is 2. The first-order valence-corrected chi connectivity index (χ1v) is 5.32. The van der Waals surface area contributed by atoms with E-state index in [1.54, 1.807) is 7.11 Å². The summed E-state index contributed by atoms with van der Waals surface area (Å²) in [5.74, 6) is 1.62. The molecule has 2 heteroatoms.